The summed E-state index contributed by atoms with van der Waals surface area (Å²) in [5.74, 6) is -0.569. The Morgan fingerprint density at radius 1 is 1.15 bits per heavy atom. The van der Waals surface area contributed by atoms with E-state index >= 15 is 0 Å². The summed E-state index contributed by atoms with van der Waals surface area (Å²) in [6.07, 6.45) is 0. The molecular formula is C16H11ClN2O8. The van der Waals surface area contributed by atoms with Crippen molar-refractivity contribution in [2.75, 3.05) is 6.79 Å². The van der Waals surface area contributed by atoms with E-state index in [-0.39, 0.29) is 47.5 Å². The highest BCUT2D eigenvalue weighted by Crippen LogP contribution is 2.33. The first-order valence-electron chi connectivity index (χ1n) is 7.48. The molecule has 1 heterocycles. The molecule has 27 heavy (non-hydrogen) atoms. The third-order valence-electron chi connectivity index (χ3n) is 3.72. The van der Waals surface area contributed by atoms with Crippen molar-refractivity contribution in [3.63, 3.8) is 0 Å². The standard InChI is InChI=1S/C16H11ClN2O8/c17-14-2-1-11(18(21)22)5-13(14)16(20)26-7-10-4-12(19(23)24)3-9-6-25-8-27-15(9)10/h1-5H,6-8H2. The van der Waals surface area contributed by atoms with E-state index in [1.807, 2.05) is 0 Å². The maximum absolute atomic E-state index is 12.3. The highest BCUT2D eigenvalue weighted by molar-refractivity contribution is 6.33. The summed E-state index contributed by atoms with van der Waals surface area (Å²) in [4.78, 5) is 32.9. The highest BCUT2D eigenvalue weighted by Gasteiger charge is 2.23. The number of halogens is 1. The zero-order valence-corrected chi connectivity index (χ0v) is 14.3. The molecule has 0 amide bonds. The Balaban J connectivity index is 1.85. The lowest BCUT2D eigenvalue weighted by atomic mass is 10.1. The number of benzene rings is 2. The second kappa shape index (κ2) is 7.56. The van der Waals surface area contributed by atoms with E-state index in [0.29, 0.717) is 11.3 Å². The minimum atomic E-state index is -0.906. The van der Waals surface area contributed by atoms with Gasteiger partial charge < -0.3 is 14.2 Å². The van der Waals surface area contributed by atoms with Gasteiger partial charge in [-0.1, -0.05) is 11.6 Å². The summed E-state index contributed by atoms with van der Waals surface area (Å²) in [6, 6.07) is 5.91. The number of nitro benzene ring substituents is 2. The number of carbonyl (C=O) groups is 1. The van der Waals surface area contributed by atoms with Crippen molar-refractivity contribution < 1.29 is 28.9 Å². The molecule has 0 N–H and O–H groups in total. The van der Waals surface area contributed by atoms with Gasteiger partial charge in [-0.2, -0.15) is 0 Å². The summed E-state index contributed by atoms with van der Waals surface area (Å²) in [6.45, 7) is -0.265. The van der Waals surface area contributed by atoms with Gasteiger partial charge in [0.25, 0.3) is 11.4 Å². The number of rotatable bonds is 5. The van der Waals surface area contributed by atoms with Crippen molar-refractivity contribution in [1.82, 2.24) is 0 Å². The second-order valence-electron chi connectivity index (χ2n) is 5.46. The largest absolute Gasteiger partial charge is 0.467 e. The molecule has 0 aromatic heterocycles. The number of ether oxygens (including phenoxy) is 3. The molecule has 0 fully saturated rings. The molecule has 0 saturated heterocycles. The Bertz CT molecular complexity index is 946. The van der Waals surface area contributed by atoms with E-state index in [2.05, 4.69) is 0 Å². The van der Waals surface area contributed by atoms with Crippen molar-refractivity contribution in [3.8, 4) is 5.75 Å². The fourth-order valence-corrected chi connectivity index (χ4v) is 2.69. The monoisotopic (exact) mass is 394 g/mol. The van der Waals surface area contributed by atoms with Crippen molar-refractivity contribution in [1.29, 1.82) is 0 Å². The van der Waals surface area contributed by atoms with E-state index in [1.54, 1.807) is 0 Å². The van der Waals surface area contributed by atoms with Crippen molar-refractivity contribution in [3.05, 3.63) is 72.3 Å². The zero-order valence-electron chi connectivity index (χ0n) is 13.5. The molecule has 11 heteroatoms. The van der Waals surface area contributed by atoms with Gasteiger partial charge in [-0.3, -0.25) is 20.2 Å². The van der Waals surface area contributed by atoms with Crippen LogP contribution in [0.2, 0.25) is 5.02 Å². The summed E-state index contributed by atoms with van der Waals surface area (Å²) >= 11 is 5.91. The molecule has 0 atom stereocenters. The average molecular weight is 395 g/mol. The minimum absolute atomic E-state index is 0.0173. The van der Waals surface area contributed by atoms with Crippen molar-refractivity contribution in [2.24, 2.45) is 0 Å². The van der Waals surface area contributed by atoms with Crippen LogP contribution in [0.3, 0.4) is 0 Å². The lowest BCUT2D eigenvalue weighted by Crippen LogP contribution is -2.15. The number of nitrogens with zero attached hydrogens (tertiary/aromatic N) is 2. The molecule has 140 valence electrons. The highest BCUT2D eigenvalue weighted by atomic mass is 35.5. The molecule has 1 aliphatic rings. The number of hydrogen-bond acceptors (Lipinski definition) is 8. The van der Waals surface area contributed by atoms with Crippen LogP contribution in [0, 0.1) is 20.2 Å². The van der Waals surface area contributed by atoms with Gasteiger partial charge in [0.15, 0.2) is 6.79 Å². The van der Waals surface area contributed by atoms with Gasteiger partial charge in [-0.05, 0) is 6.07 Å². The number of hydrogen-bond donors (Lipinski definition) is 0. The third-order valence-corrected chi connectivity index (χ3v) is 4.05. The normalized spacial score (nSPS) is 12.6. The minimum Gasteiger partial charge on any atom is -0.467 e. The molecule has 0 bridgehead atoms. The molecule has 2 aromatic rings. The van der Waals surface area contributed by atoms with Crippen LogP contribution in [0.5, 0.6) is 5.75 Å². The molecule has 0 aliphatic carbocycles. The molecule has 1 aliphatic heterocycles. The predicted molar refractivity (Wildman–Crippen MR) is 90.6 cm³/mol. The smallest absolute Gasteiger partial charge is 0.340 e. The van der Waals surface area contributed by atoms with Crippen LogP contribution in [0.15, 0.2) is 30.3 Å². The number of esters is 1. The van der Waals surface area contributed by atoms with Crippen LogP contribution in [0.1, 0.15) is 21.5 Å². The van der Waals surface area contributed by atoms with E-state index < -0.39 is 15.8 Å². The van der Waals surface area contributed by atoms with Gasteiger partial charge >= 0.3 is 5.97 Å². The Morgan fingerprint density at radius 2 is 1.89 bits per heavy atom. The van der Waals surface area contributed by atoms with E-state index in [0.717, 1.165) is 12.1 Å². The van der Waals surface area contributed by atoms with Crippen LogP contribution in [-0.4, -0.2) is 22.6 Å². The van der Waals surface area contributed by atoms with Crippen LogP contribution >= 0.6 is 11.6 Å². The first kappa shape index (κ1) is 18.5. The van der Waals surface area contributed by atoms with Gasteiger partial charge in [-0.25, -0.2) is 4.79 Å². The predicted octanol–water partition coefficient (Wildman–Crippen LogP) is 3.38. The van der Waals surface area contributed by atoms with Gasteiger partial charge in [0.2, 0.25) is 0 Å². The average Bonchev–Trinajstić information content (AvgIpc) is 2.65. The van der Waals surface area contributed by atoms with Gasteiger partial charge in [-0.15, -0.1) is 0 Å². The van der Waals surface area contributed by atoms with Crippen molar-refractivity contribution in [2.45, 2.75) is 13.2 Å². The Labute approximate surface area is 156 Å². The number of non-ortho nitro benzene ring substituents is 2. The van der Waals surface area contributed by atoms with E-state index in [1.165, 1.54) is 18.2 Å². The summed E-state index contributed by atoms with van der Waals surface area (Å²) in [5.41, 5.74) is 0.0172. The van der Waals surface area contributed by atoms with E-state index in [9.17, 15) is 25.0 Å². The van der Waals surface area contributed by atoms with Gasteiger partial charge in [0.05, 0.1) is 27.0 Å². The quantitative estimate of drug-likeness (QED) is 0.428. The molecule has 2 aromatic carbocycles. The second-order valence-corrected chi connectivity index (χ2v) is 5.87. The maximum Gasteiger partial charge on any atom is 0.340 e. The molecule has 0 unspecified atom stereocenters. The summed E-state index contributed by atoms with van der Waals surface area (Å²) in [7, 11) is 0. The van der Waals surface area contributed by atoms with Gasteiger partial charge in [0, 0.05) is 35.4 Å². The lowest BCUT2D eigenvalue weighted by molar-refractivity contribution is -0.385. The Morgan fingerprint density at radius 3 is 2.59 bits per heavy atom. The maximum atomic E-state index is 12.3. The fourth-order valence-electron chi connectivity index (χ4n) is 2.50. The summed E-state index contributed by atoms with van der Waals surface area (Å²) in [5, 5.41) is 21.9. The molecule has 0 spiro atoms. The summed E-state index contributed by atoms with van der Waals surface area (Å²) < 4.78 is 15.6. The van der Waals surface area contributed by atoms with Crippen molar-refractivity contribution >= 4 is 28.9 Å². The topological polar surface area (TPSA) is 131 Å². The SMILES string of the molecule is O=C(OCc1cc([N+](=O)[O-])cc2c1OCOC2)c1cc([N+](=O)[O-])ccc1Cl. The zero-order chi connectivity index (χ0) is 19.6. The van der Waals surface area contributed by atoms with Crippen LogP contribution in [0.4, 0.5) is 11.4 Å². The number of fused-ring (bicyclic) bond motifs is 1. The molecule has 3 rings (SSSR count). The Kier molecular flexibility index (Phi) is 5.19. The molecule has 0 saturated carbocycles. The molecule has 0 radical (unpaired) electrons. The van der Waals surface area contributed by atoms with Gasteiger partial charge in [0.1, 0.15) is 12.4 Å². The van der Waals surface area contributed by atoms with Crippen LogP contribution in [-0.2, 0) is 22.7 Å². The van der Waals surface area contributed by atoms with Crippen LogP contribution < -0.4 is 4.74 Å². The van der Waals surface area contributed by atoms with Crippen LogP contribution in [0.25, 0.3) is 0 Å². The fraction of sp³-hybridized carbons (Fsp3) is 0.188. The number of nitro groups is 2. The van der Waals surface area contributed by atoms with E-state index in [4.69, 9.17) is 25.8 Å². The third kappa shape index (κ3) is 3.96. The lowest BCUT2D eigenvalue weighted by Gasteiger charge is -2.20. The number of carbonyl (C=O) groups excluding carboxylic acids is 1. The first-order valence-corrected chi connectivity index (χ1v) is 7.86. The molecule has 10 nitrogen and oxygen atoms in total. The first-order chi connectivity index (χ1) is 12.9. The molecular weight excluding hydrogens is 384 g/mol. The Hall–Kier alpha value is -3.24.